The SMILES string of the molecule is COc1ccc(Cc2cc3c(c(Cl)c2OC)CN([C@H]2COCC[C@@H]2O)C3=O)cc1. The van der Waals surface area contributed by atoms with Gasteiger partial charge < -0.3 is 24.2 Å². The number of rotatable bonds is 5. The van der Waals surface area contributed by atoms with Crippen LogP contribution in [-0.2, 0) is 17.7 Å². The topological polar surface area (TPSA) is 68.2 Å². The van der Waals surface area contributed by atoms with Gasteiger partial charge in [-0.25, -0.2) is 0 Å². The molecule has 7 heteroatoms. The average molecular weight is 418 g/mol. The maximum absolute atomic E-state index is 13.1. The first-order valence-corrected chi connectivity index (χ1v) is 9.99. The summed E-state index contributed by atoms with van der Waals surface area (Å²) in [6.45, 7) is 1.18. The van der Waals surface area contributed by atoms with Crippen LogP contribution in [0, 0.1) is 0 Å². The summed E-state index contributed by atoms with van der Waals surface area (Å²) < 4.78 is 16.3. The fraction of sp³-hybridized carbons (Fsp3) is 0.409. The summed E-state index contributed by atoms with van der Waals surface area (Å²) >= 11 is 6.66. The van der Waals surface area contributed by atoms with E-state index < -0.39 is 6.10 Å². The van der Waals surface area contributed by atoms with Crippen molar-refractivity contribution in [3.05, 3.63) is 57.6 Å². The van der Waals surface area contributed by atoms with E-state index in [9.17, 15) is 9.90 Å². The molecule has 1 N–H and O–H groups in total. The molecule has 0 spiro atoms. The van der Waals surface area contributed by atoms with Crippen LogP contribution in [0.25, 0.3) is 0 Å². The van der Waals surface area contributed by atoms with Gasteiger partial charge in [0.1, 0.15) is 11.5 Å². The Kier molecular flexibility index (Phi) is 5.67. The fourth-order valence-corrected chi connectivity index (χ4v) is 4.42. The minimum Gasteiger partial charge on any atom is -0.497 e. The Morgan fingerprint density at radius 1 is 1.24 bits per heavy atom. The summed E-state index contributed by atoms with van der Waals surface area (Å²) in [6.07, 6.45) is 0.495. The molecule has 0 aliphatic carbocycles. The highest BCUT2D eigenvalue weighted by Crippen LogP contribution is 2.41. The van der Waals surface area contributed by atoms with Gasteiger partial charge in [0.05, 0.1) is 38.0 Å². The van der Waals surface area contributed by atoms with Gasteiger partial charge in [-0.3, -0.25) is 4.79 Å². The first-order valence-electron chi connectivity index (χ1n) is 9.61. The summed E-state index contributed by atoms with van der Waals surface area (Å²) in [5.74, 6) is 1.23. The lowest BCUT2D eigenvalue weighted by atomic mass is 9.99. The Morgan fingerprint density at radius 3 is 2.66 bits per heavy atom. The van der Waals surface area contributed by atoms with Crippen molar-refractivity contribution in [3.8, 4) is 11.5 Å². The largest absolute Gasteiger partial charge is 0.497 e. The third-order valence-corrected chi connectivity index (χ3v) is 6.07. The first kappa shape index (κ1) is 20.0. The smallest absolute Gasteiger partial charge is 0.254 e. The van der Waals surface area contributed by atoms with E-state index in [0.717, 1.165) is 22.4 Å². The Morgan fingerprint density at radius 2 is 2.00 bits per heavy atom. The lowest BCUT2D eigenvalue weighted by molar-refractivity contribution is -0.0528. The molecule has 2 aliphatic rings. The first-order chi connectivity index (χ1) is 14.0. The van der Waals surface area contributed by atoms with Crippen LogP contribution >= 0.6 is 11.6 Å². The van der Waals surface area contributed by atoms with Gasteiger partial charge in [0.2, 0.25) is 0 Å². The van der Waals surface area contributed by atoms with Crippen molar-refractivity contribution in [3.63, 3.8) is 0 Å². The molecular weight excluding hydrogens is 394 g/mol. The van der Waals surface area contributed by atoms with E-state index in [2.05, 4.69) is 0 Å². The van der Waals surface area contributed by atoms with Crippen LogP contribution in [0.4, 0.5) is 0 Å². The third-order valence-electron chi connectivity index (χ3n) is 5.67. The van der Waals surface area contributed by atoms with Crippen LogP contribution in [-0.4, -0.2) is 55.5 Å². The summed E-state index contributed by atoms with van der Waals surface area (Å²) in [6, 6.07) is 9.24. The fourth-order valence-electron chi connectivity index (χ4n) is 4.06. The summed E-state index contributed by atoms with van der Waals surface area (Å²) in [5, 5.41) is 10.8. The van der Waals surface area contributed by atoms with Crippen molar-refractivity contribution in [2.24, 2.45) is 0 Å². The zero-order valence-corrected chi connectivity index (χ0v) is 17.2. The maximum atomic E-state index is 13.1. The molecule has 154 valence electrons. The number of ether oxygens (including phenoxy) is 3. The number of nitrogens with zero attached hydrogens (tertiary/aromatic N) is 1. The molecule has 2 heterocycles. The predicted molar refractivity (Wildman–Crippen MR) is 109 cm³/mol. The number of hydrogen-bond donors (Lipinski definition) is 1. The molecule has 2 aromatic carbocycles. The number of methoxy groups -OCH3 is 2. The molecule has 1 fully saturated rings. The van der Waals surface area contributed by atoms with Crippen LogP contribution in [0.1, 0.15) is 33.5 Å². The van der Waals surface area contributed by atoms with Gasteiger partial charge in [-0.1, -0.05) is 23.7 Å². The van der Waals surface area contributed by atoms with Crippen molar-refractivity contribution in [1.82, 2.24) is 4.90 Å². The second-order valence-electron chi connectivity index (χ2n) is 7.37. The van der Waals surface area contributed by atoms with Gasteiger partial charge in [-0.15, -0.1) is 0 Å². The predicted octanol–water partition coefficient (Wildman–Crippen LogP) is 3.05. The minimum absolute atomic E-state index is 0.130. The molecule has 0 aromatic heterocycles. The number of aliphatic hydroxyl groups is 1. The zero-order valence-electron chi connectivity index (χ0n) is 16.5. The van der Waals surface area contributed by atoms with Gasteiger partial charge >= 0.3 is 0 Å². The molecule has 4 rings (SSSR count). The number of carbonyl (C=O) groups excluding carboxylic acids is 1. The van der Waals surface area contributed by atoms with Gasteiger partial charge in [0, 0.05) is 36.3 Å². The normalized spacial score (nSPS) is 21.2. The lowest BCUT2D eigenvalue weighted by Gasteiger charge is -2.34. The number of hydrogen-bond acceptors (Lipinski definition) is 5. The molecule has 0 unspecified atom stereocenters. The van der Waals surface area contributed by atoms with Crippen molar-refractivity contribution in [2.75, 3.05) is 27.4 Å². The average Bonchev–Trinajstić information content (AvgIpc) is 3.06. The summed E-state index contributed by atoms with van der Waals surface area (Å²) in [7, 11) is 3.21. The van der Waals surface area contributed by atoms with E-state index in [1.165, 1.54) is 0 Å². The molecule has 2 aliphatic heterocycles. The number of aliphatic hydroxyl groups excluding tert-OH is 1. The molecular formula is C22H24ClNO5. The van der Waals surface area contributed by atoms with Crippen LogP contribution in [0.3, 0.4) is 0 Å². The monoisotopic (exact) mass is 417 g/mol. The minimum atomic E-state index is -0.596. The van der Waals surface area contributed by atoms with Crippen LogP contribution in [0.15, 0.2) is 30.3 Å². The molecule has 2 aromatic rings. The van der Waals surface area contributed by atoms with E-state index >= 15 is 0 Å². The Labute approximate surface area is 174 Å². The highest BCUT2D eigenvalue weighted by Gasteiger charge is 2.39. The van der Waals surface area contributed by atoms with Crippen molar-refractivity contribution >= 4 is 17.5 Å². The van der Waals surface area contributed by atoms with Crippen LogP contribution in [0.5, 0.6) is 11.5 Å². The second kappa shape index (κ2) is 8.22. The standard InChI is InChI=1S/C22H24ClNO5/c1-27-15-5-3-13(4-6-15)9-14-10-16-17(20(23)21(14)28-2)11-24(22(16)26)18-12-29-8-7-19(18)25/h3-6,10,18-19,25H,7-9,11-12H2,1-2H3/t18-,19-/m0/s1. The third kappa shape index (κ3) is 3.68. The number of fused-ring (bicyclic) bond motifs is 1. The van der Waals surface area contributed by atoms with Crippen LogP contribution < -0.4 is 9.47 Å². The van der Waals surface area contributed by atoms with Gasteiger partial charge in [-0.2, -0.15) is 0 Å². The van der Waals surface area contributed by atoms with E-state index in [0.29, 0.717) is 48.9 Å². The van der Waals surface area contributed by atoms with Crippen molar-refractivity contribution in [2.45, 2.75) is 31.5 Å². The van der Waals surface area contributed by atoms with Gasteiger partial charge in [0.25, 0.3) is 5.91 Å². The number of halogens is 1. The second-order valence-corrected chi connectivity index (χ2v) is 7.74. The van der Waals surface area contributed by atoms with Gasteiger partial charge in [0.15, 0.2) is 0 Å². The van der Waals surface area contributed by atoms with E-state index in [-0.39, 0.29) is 11.9 Å². The summed E-state index contributed by atoms with van der Waals surface area (Å²) in [4.78, 5) is 14.8. The lowest BCUT2D eigenvalue weighted by Crippen LogP contribution is -2.49. The molecule has 1 amide bonds. The quantitative estimate of drug-likeness (QED) is 0.809. The van der Waals surface area contributed by atoms with E-state index in [1.807, 2.05) is 30.3 Å². The van der Waals surface area contributed by atoms with Crippen molar-refractivity contribution in [1.29, 1.82) is 0 Å². The number of benzene rings is 2. The van der Waals surface area contributed by atoms with Crippen molar-refractivity contribution < 1.29 is 24.1 Å². The molecule has 6 nitrogen and oxygen atoms in total. The zero-order chi connectivity index (χ0) is 20.5. The molecule has 0 bridgehead atoms. The number of amides is 1. The Bertz CT molecular complexity index is 914. The highest BCUT2D eigenvalue weighted by atomic mass is 35.5. The number of carbonyl (C=O) groups is 1. The highest BCUT2D eigenvalue weighted by molar-refractivity contribution is 6.33. The van der Waals surface area contributed by atoms with E-state index in [4.69, 9.17) is 25.8 Å². The molecule has 1 saturated heterocycles. The molecule has 0 saturated carbocycles. The summed E-state index contributed by atoms with van der Waals surface area (Å²) in [5.41, 5.74) is 3.21. The molecule has 29 heavy (non-hydrogen) atoms. The molecule has 0 radical (unpaired) electrons. The maximum Gasteiger partial charge on any atom is 0.254 e. The Balaban J connectivity index is 1.66. The van der Waals surface area contributed by atoms with E-state index in [1.54, 1.807) is 19.1 Å². The Hall–Kier alpha value is -2.28. The molecule has 2 atom stereocenters. The van der Waals surface area contributed by atoms with Crippen LogP contribution in [0.2, 0.25) is 5.02 Å². The van der Waals surface area contributed by atoms with Gasteiger partial charge in [-0.05, 0) is 30.2 Å².